The molecule has 2 aromatic carbocycles. The molecule has 1 atom stereocenters. The molecule has 0 spiro atoms. The lowest BCUT2D eigenvalue weighted by molar-refractivity contribution is -0.125. The van der Waals surface area contributed by atoms with Gasteiger partial charge in [0.25, 0.3) is 0 Å². The van der Waals surface area contributed by atoms with E-state index in [1.54, 1.807) is 13.2 Å². The maximum atomic E-state index is 12.9. The first-order valence-electron chi connectivity index (χ1n) is 8.97. The number of nitrogens with one attached hydrogen (secondary N) is 1. The third-order valence-electron chi connectivity index (χ3n) is 4.52. The average molecular weight is 370 g/mol. The summed E-state index contributed by atoms with van der Waals surface area (Å²) in [6, 6.07) is 11.3. The zero-order valence-corrected chi connectivity index (χ0v) is 16.2. The van der Waals surface area contributed by atoms with Crippen molar-refractivity contribution in [1.82, 2.24) is 10.2 Å². The molecule has 0 fully saturated rings. The van der Waals surface area contributed by atoms with Crippen molar-refractivity contribution in [2.75, 3.05) is 34.4 Å². The van der Waals surface area contributed by atoms with E-state index in [-0.39, 0.29) is 11.9 Å². The second kappa shape index (κ2) is 8.31. The Hall–Kier alpha value is -2.73. The van der Waals surface area contributed by atoms with E-state index in [4.69, 9.17) is 14.2 Å². The topological polar surface area (TPSA) is 60.0 Å². The van der Waals surface area contributed by atoms with E-state index >= 15 is 0 Å². The first-order chi connectivity index (χ1) is 13.0. The van der Waals surface area contributed by atoms with E-state index in [9.17, 15) is 4.79 Å². The highest BCUT2D eigenvalue weighted by atomic mass is 16.6. The monoisotopic (exact) mass is 370 g/mol. The van der Waals surface area contributed by atoms with Crippen molar-refractivity contribution in [2.45, 2.75) is 19.5 Å². The number of aryl methyl sites for hydroxylation is 1. The Kier molecular flexibility index (Phi) is 5.86. The van der Waals surface area contributed by atoms with Gasteiger partial charge in [0, 0.05) is 18.2 Å². The molecular formula is C21H26N2O4. The van der Waals surface area contributed by atoms with E-state index in [1.165, 1.54) is 0 Å². The fraction of sp³-hybridized carbons (Fsp3) is 0.381. The van der Waals surface area contributed by atoms with Gasteiger partial charge in [0.05, 0.1) is 7.11 Å². The summed E-state index contributed by atoms with van der Waals surface area (Å²) >= 11 is 0. The summed E-state index contributed by atoms with van der Waals surface area (Å²) < 4.78 is 16.7. The highest BCUT2D eigenvalue weighted by molar-refractivity contribution is 5.83. The summed E-state index contributed by atoms with van der Waals surface area (Å²) in [7, 11) is 5.40. The number of nitrogens with zero attached hydrogens (tertiary/aromatic N) is 1. The van der Waals surface area contributed by atoms with Gasteiger partial charge in [-0.25, -0.2) is 0 Å². The number of hydrogen-bond donors (Lipinski definition) is 1. The van der Waals surface area contributed by atoms with Gasteiger partial charge in [-0.2, -0.15) is 0 Å². The van der Waals surface area contributed by atoms with Gasteiger partial charge in [-0.1, -0.05) is 29.8 Å². The SMILES string of the molecule is COc1cc2c(cc1CNC(=O)C(c1cccc(C)c1)N(C)C)OCCO2. The molecule has 6 heteroatoms. The summed E-state index contributed by atoms with van der Waals surface area (Å²) in [4.78, 5) is 14.8. The molecule has 1 unspecified atom stereocenters. The van der Waals surface area contributed by atoms with Gasteiger partial charge in [0.2, 0.25) is 5.91 Å². The zero-order valence-electron chi connectivity index (χ0n) is 16.2. The molecule has 27 heavy (non-hydrogen) atoms. The normalized spacial score (nSPS) is 14.0. The van der Waals surface area contributed by atoms with Gasteiger partial charge in [0.1, 0.15) is 25.0 Å². The molecule has 0 aliphatic carbocycles. The highest BCUT2D eigenvalue weighted by Crippen LogP contribution is 2.36. The lowest BCUT2D eigenvalue weighted by atomic mass is 10.0. The van der Waals surface area contributed by atoms with Crippen LogP contribution in [0, 0.1) is 6.92 Å². The number of benzene rings is 2. The zero-order chi connectivity index (χ0) is 19.4. The number of ether oxygens (including phenoxy) is 3. The molecule has 1 aliphatic rings. The van der Waals surface area contributed by atoms with E-state index in [0.29, 0.717) is 37.0 Å². The molecule has 6 nitrogen and oxygen atoms in total. The van der Waals surface area contributed by atoms with Crippen LogP contribution in [-0.2, 0) is 11.3 Å². The minimum Gasteiger partial charge on any atom is -0.496 e. The van der Waals surface area contributed by atoms with Gasteiger partial charge >= 0.3 is 0 Å². The molecular weight excluding hydrogens is 344 g/mol. The number of carbonyl (C=O) groups excluding carboxylic acids is 1. The number of amides is 1. The van der Waals surface area contributed by atoms with Crippen LogP contribution in [0.15, 0.2) is 36.4 Å². The van der Waals surface area contributed by atoms with Crippen LogP contribution in [0.5, 0.6) is 17.2 Å². The lowest BCUT2D eigenvalue weighted by Crippen LogP contribution is -2.36. The highest BCUT2D eigenvalue weighted by Gasteiger charge is 2.24. The molecule has 3 rings (SSSR count). The average Bonchev–Trinajstić information content (AvgIpc) is 2.65. The van der Waals surface area contributed by atoms with Gasteiger partial charge in [0.15, 0.2) is 11.5 Å². The van der Waals surface area contributed by atoms with Gasteiger partial charge < -0.3 is 19.5 Å². The van der Waals surface area contributed by atoms with E-state index in [2.05, 4.69) is 5.32 Å². The fourth-order valence-corrected chi connectivity index (χ4v) is 3.24. The van der Waals surface area contributed by atoms with Crippen LogP contribution >= 0.6 is 0 Å². The Morgan fingerprint density at radius 2 is 1.89 bits per heavy atom. The smallest absolute Gasteiger partial charge is 0.242 e. The van der Waals surface area contributed by atoms with Gasteiger partial charge in [-0.05, 0) is 32.6 Å². The van der Waals surface area contributed by atoms with E-state index < -0.39 is 0 Å². The third-order valence-corrected chi connectivity index (χ3v) is 4.52. The Labute approximate surface area is 160 Å². The summed E-state index contributed by atoms with van der Waals surface area (Å²) in [5, 5.41) is 3.02. The molecule has 0 saturated carbocycles. The van der Waals surface area contributed by atoms with E-state index in [0.717, 1.165) is 16.7 Å². The fourth-order valence-electron chi connectivity index (χ4n) is 3.24. The molecule has 1 N–H and O–H groups in total. The maximum absolute atomic E-state index is 12.9. The first kappa shape index (κ1) is 19.0. The van der Waals surface area contributed by atoms with Crippen molar-refractivity contribution in [3.63, 3.8) is 0 Å². The predicted molar refractivity (Wildman–Crippen MR) is 103 cm³/mol. The maximum Gasteiger partial charge on any atom is 0.242 e. The van der Waals surface area contributed by atoms with Crippen LogP contribution in [0.2, 0.25) is 0 Å². The van der Waals surface area contributed by atoms with Crippen LogP contribution in [0.25, 0.3) is 0 Å². The van der Waals surface area contributed by atoms with E-state index in [1.807, 2.05) is 56.3 Å². The van der Waals surface area contributed by atoms with Crippen molar-refractivity contribution >= 4 is 5.91 Å². The largest absolute Gasteiger partial charge is 0.496 e. The molecule has 0 aromatic heterocycles. The number of fused-ring (bicyclic) bond motifs is 1. The van der Waals surface area contributed by atoms with Crippen LogP contribution in [0.4, 0.5) is 0 Å². The minimum absolute atomic E-state index is 0.0671. The van der Waals surface area contributed by atoms with Crippen molar-refractivity contribution in [2.24, 2.45) is 0 Å². The second-order valence-electron chi connectivity index (χ2n) is 6.81. The number of likely N-dealkylation sites (N-methyl/N-ethyl adjacent to an activating group) is 1. The van der Waals surface area contributed by atoms with Crippen molar-refractivity contribution in [3.05, 3.63) is 53.1 Å². The molecule has 1 heterocycles. The summed E-state index contributed by atoms with van der Waals surface area (Å²) in [5.41, 5.74) is 2.93. The molecule has 1 amide bonds. The van der Waals surface area contributed by atoms with Crippen molar-refractivity contribution < 1.29 is 19.0 Å². The second-order valence-corrected chi connectivity index (χ2v) is 6.81. The molecule has 144 valence electrons. The summed E-state index contributed by atoms with van der Waals surface area (Å²) in [6.07, 6.45) is 0. The van der Waals surface area contributed by atoms with Crippen LogP contribution in [0.1, 0.15) is 22.7 Å². The number of hydrogen-bond acceptors (Lipinski definition) is 5. The van der Waals surface area contributed by atoms with Crippen molar-refractivity contribution in [1.29, 1.82) is 0 Å². The van der Waals surface area contributed by atoms with Crippen molar-refractivity contribution in [3.8, 4) is 17.2 Å². The van der Waals surface area contributed by atoms with Crippen LogP contribution in [0.3, 0.4) is 0 Å². The molecule has 2 aromatic rings. The minimum atomic E-state index is -0.367. The Balaban J connectivity index is 1.77. The van der Waals surface area contributed by atoms with Gasteiger partial charge in [-0.15, -0.1) is 0 Å². The summed E-state index contributed by atoms with van der Waals surface area (Å²) in [5.74, 6) is 1.94. The number of methoxy groups -OCH3 is 1. The molecule has 0 saturated heterocycles. The predicted octanol–water partition coefficient (Wildman–Crippen LogP) is 2.69. The third kappa shape index (κ3) is 4.34. The van der Waals surface area contributed by atoms with Crippen LogP contribution < -0.4 is 19.5 Å². The Bertz CT molecular complexity index is 820. The van der Waals surface area contributed by atoms with Gasteiger partial charge in [-0.3, -0.25) is 9.69 Å². The molecule has 0 bridgehead atoms. The number of carbonyl (C=O) groups is 1. The molecule has 1 aliphatic heterocycles. The number of rotatable bonds is 6. The first-order valence-corrected chi connectivity index (χ1v) is 8.97. The summed E-state index contributed by atoms with van der Waals surface area (Å²) in [6.45, 7) is 3.40. The standard InChI is InChI=1S/C21H26N2O4/c1-14-6-5-7-15(10-14)20(23(2)3)21(24)22-13-16-11-18-19(12-17(16)25-4)27-9-8-26-18/h5-7,10-12,20H,8-9,13H2,1-4H3,(H,22,24). The molecule has 0 radical (unpaired) electrons. The Morgan fingerprint density at radius 1 is 1.19 bits per heavy atom. The quantitative estimate of drug-likeness (QED) is 0.847. The van der Waals surface area contributed by atoms with Crippen LogP contribution in [-0.4, -0.2) is 45.2 Å². The lowest BCUT2D eigenvalue weighted by Gasteiger charge is -2.25. The Morgan fingerprint density at radius 3 is 2.52 bits per heavy atom.